The molecule has 1 amide bonds. The molecule has 2 aromatic rings. The van der Waals surface area contributed by atoms with E-state index in [4.69, 9.17) is 5.73 Å². The van der Waals surface area contributed by atoms with E-state index in [-0.39, 0.29) is 17.6 Å². The van der Waals surface area contributed by atoms with Crippen molar-refractivity contribution in [1.82, 2.24) is 4.90 Å². The Balaban J connectivity index is 1.79. The Morgan fingerprint density at radius 3 is 2.40 bits per heavy atom. The number of amides is 1. The number of halogens is 2. The normalized spacial score (nSPS) is 22.5. The topological polar surface area (TPSA) is 67.9 Å². The van der Waals surface area contributed by atoms with E-state index in [0.717, 1.165) is 18.4 Å². The Hall–Kier alpha value is -2.96. The van der Waals surface area contributed by atoms with Gasteiger partial charge in [-0.2, -0.15) is 8.78 Å². The van der Waals surface area contributed by atoms with Crippen LogP contribution in [0.15, 0.2) is 53.5 Å². The van der Waals surface area contributed by atoms with Crippen LogP contribution in [0.25, 0.3) is 0 Å². The molecule has 1 saturated carbocycles. The number of rotatable bonds is 5. The van der Waals surface area contributed by atoms with Crippen LogP contribution in [0.5, 0.6) is 5.75 Å². The molecule has 4 rings (SSSR count). The highest BCUT2D eigenvalue weighted by atomic mass is 19.3. The maximum absolute atomic E-state index is 13.4. The summed E-state index contributed by atoms with van der Waals surface area (Å²) in [6.07, 6.45) is 5.94. The Morgan fingerprint density at radius 1 is 1.10 bits per heavy atom. The average Bonchev–Trinajstić information content (AvgIpc) is 2.99. The number of alkyl halides is 2. The number of ether oxygens (including phenoxy) is 1. The van der Waals surface area contributed by atoms with E-state index in [1.807, 2.05) is 18.2 Å². The van der Waals surface area contributed by atoms with Gasteiger partial charge >= 0.3 is 6.61 Å². The highest BCUT2D eigenvalue weighted by molar-refractivity contribution is 6.08. The van der Waals surface area contributed by atoms with Crippen LogP contribution in [-0.4, -0.2) is 30.4 Å². The third-order valence-corrected chi connectivity index (χ3v) is 6.12. The molecule has 2 aliphatic rings. The molecule has 7 heteroatoms. The lowest BCUT2D eigenvalue weighted by Crippen LogP contribution is -2.41. The Labute approximate surface area is 174 Å². The zero-order valence-electron chi connectivity index (χ0n) is 16.9. The number of aliphatic imine (C=N–C) groups is 1. The third kappa shape index (κ3) is 3.53. The minimum Gasteiger partial charge on any atom is -0.435 e. The predicted octanol–water partition coefficient (Wildman–Crippen LogP) is 4.37. The summed E-state index contributed by atoms with van der Waals surface area (Å²) in [5.74, 6) is 0.336. The summed E-state index contributed by atoms with van der Waals surface area (Å²) in [6.45, 7) is -2.91. The van der Waals surface area contributed by atoms with E-state index in [0.29, 0.717) is 11.5 Å². The van der Waals surface area contributed by atoms with Crippen LogP contribution in [-0.2, 0) is 10.3 Å². The van der Waals surface area contributed by atoms with E-state index < -0.39 is 12.2 Å². The molecule has 0 aromatic heterocycles. The van der Waals surface area contributed by atoms with Crippen LogP contribution in [0.4, 0.5) is 8.78 Å². The first-order valence-electron chi connectivity index (χ1n) is 10.2. The van der Waals surface area contributed by atoms with Crippen molar-refractivity contribution >= 4 is 11.9 Å². The molecule has 0 bridgehead atoms. The van der Waals surface area contributed by atoms with Crippen molar-refractivity contribution in [3.8, 4) is 5.75 Å². The van der Waals surface area contributed by atoms with Crippen LogP contribution in [0.1, 0.15) is 54.7 Å². The second-order valence-electron chi connectivity index (χ2n) is 7.91. The Kier molecular flexibility index (Phi) is 5.45. The molecule has 0 spiro atoms. The van der Waals surface area contributed by atoms with Gasteiger partial charge in [0, 0.05) is 7.05 Å². The van der Waals surface area contributed by atoms with Crippen LogP contribution in [0.2, 0.25) is 0 Å². The molecule has 30 heavy (non-hydrogen) atoms. The van der Waals surface area contributed by atoms with E-state index in [1.165, 1.54) is 41.9 Å². The van der Waals surface area contributed by atoms with Crippen molar-refractivity contribution < 1.29 is 18.3 Å². The maximum Gasteiger partial charge on any atom is 0.387 e. The molecular weight excluding hydrogens is 388 g/mol. The van der Waals surface area contributed by atoms with E-state index in [9.17, 15) is 13.6 Å². The molecule has 2 N–H and O–H groups in total. The molecule has 1 atom stereocenters. The van der Waals surface area contributed by atoms with Gasteiger partial charge in [-0.15, -0.1) is 0 Å². The van der Waals surface area contributed by atoms with Gasteiger partial charge in [0.25, 0.3) is 5.91 Å². The van der Waals surface area contributed by atoms with E-state index in [2.05, 4.69) is 15.8 Å². The molecular formula is C23H25F2N3O2. The van der Waals surface area contributed by atoms with Crippen LogP contribution in [0, 0.1) is 0 Å². The van der Waals surface area contributed by atoms with Crippen molar-refractivity contribution in [1.29, 1.82) is 0 Å². The zero-order chi connectivity index (χ0) is 21.3. The molecule has 1 aliphatic heterocycles. The highest BCUT2D eigenvalue weighted by Gasteiger charge is 2.49. The van der Waals surface area contributed by atoms with Gasteiger partial charge in [-0.3, -0.25) is 9.69 Å². The summed E-state index contributed by atoms with van der Waals surface area (Å²) in [5, 5.41) is 0. The van der Waals surface area contributed by atoms with Gasteiger partial charge < -0.3 is 10.5 Å². The van der Waals surface area contributed by atoms with Crippen LogP contribution >= 0.6 is 0 Å². The van der Waals surface area contributed by atoms with Gasteiger partial charge in [-0.1, -0.05) is 55.7 Å². The highest BCUT2D eigenvalue weighted by Crippen LogP contribution is 2.42. The van der Waals surface area contributed by atoms with Gasteiger partial charge in [-0.05, 0) is 47.6 Å². The minimum atomic E-state index is -2.91. The quantitative estimate of drug-likeness (QED) is 0.792. The number of carbonyl (C=O) groups excluding carboxylic acids is 1. The number of hydrogen-bond acceptors (Lipinski definition) is 4. The first kappa shape index (κ1) is 20.3. The van der Waals surface area contributed by atoms with E-state index in [1.54, 1.807) is 19.2 Å². The van der Waals surface area contributed by atoms with Gasteiger partial charge in [0.2, 0.25) is 0 Å². The van der Waals surface area contributed by atoms with Gasteiger partial charge in [0.15, 0.2) is 11.5 Å². The average molecular weight is 413 g/mol. The third-order valence-electron chi connectivity index (χ3n) is 6.12. The second-order valence-corrected chi connectivity index (χ2v) is 7.91. The Morgan fingerprint density at radius 2 is 1.80 bits per heavy atom. The fourth-order valence-electron chi connectivity index (χ4n) is 4.52. The maximum atomic E-state index is 13.4. The smallest absolute Gasteiger partial charge is 0.387 e. The number of nitrogens with zero attached hydrogens (tertiary/aromatic N) is 2. The number of guanidine groups is 1. The molecule has 5 nitrogen and oxygen atoms in total. The fourth-order valence-corrected chi connectivity index (χ4v) is 4.52. The number of benzene rings is 2. The molecule has 1 heterocycles. The van der Waals surface area contributed by atoms with E-state index >= 15 is 0 Å². The van der Waals surface area contributed by atoms with Crippen molar-refractivity contribution in [3.05, 3.63) is 65.2 Å². The molecule has 158 valence electrons. The van der Waals surface area contributed by atoms with Crippen molar-refractivity contribution in [2.45, 2.75) is 50.2 Å². The SMILES string of the molecule is CN1C(=O)C(c2ccc(OC(F)F)cc2)(c2cccc(C3CCCCC3)c2)N=C1N. The summed E-state index contributed by atoms with van der Waals surface area (Å²) in [6, 6.07) is 14.0. The molecule has 0 saturated heterocycles. The van der Waals surface area contributed by atoms with Gasteiger partial charge in [0.05, 0.1) is 0 Å². The monoisotopic (exact) mass is 413 g/mol. The van der Waals surface area contributed by atoms with Crippen LogP contribution < -0.4 is 10.5 Å². The second kappa shape index (κ2) is 8.05. The predicted molar refractivity (Wildman–Crippen MR) is 111 cm³/mol. The minimum absolute atomic E-state index is 0.0237. The van der Waals surface area contributed by atoms with Crippen molar-refractivity contribution in [3.63, 3.8) is 0 Å². The number of hydrogen-bond donors (Lipinski definition) is 1. The summed E-state index contributed by atoms with van der Waals surface area (Å²) in [7, 11) is 1.59. The van der Waals surface area contributed by atoms with Crippen LogP contribution in [0.3, 0.4) is 0 Å². The van der Waals surface area contributed by atoms with Crippen molar-refractivity contribution in [2.24, 2.45) is 10.7 Å². The van der Waals surface area contributed by atoms with Crippen molar-refractivity contribution in [2.75, 3.05) is 7.05 Å². The summed E-state index contributed by atoms with van der Waals surface area (Å²) in [4.78, 5) is 19.3. The first-order valence-corrected chi connectivity index (χ1v) is 10.2. The number of likely N-dealkylation sites (N-methyl/N-ethyl adjacent to an activating group) is 1. The lowest BCUT2D eigenvalue weighted by atomic mass is 9.79. The summed E-state index contributed by atoms with van der Waals surface area (Å²) in [5.41, 5.74) is 7.17. The lowest BCUT2D eigenvalue weighted by molar-refractivity contribution is -0.129. The summed E-state index contributed by atoms with van der Waals surface area (Å²) >= 11 is 0. The Bertz CT molecular complexity index is 955. The van der Waals surface area contributed by atoms with Gasteiger partial charge in [0.1, 0.15) is 5.75 Å². The lowest BCUT2D eigenvalue weighted by Gasteiger charge is -2.28. The molecule has 0 radical (unpaired) electrons. The number of nitrogens with two attached hydrogens (primary N) is 1. The zero-order valence-corrected chi connectivity index (χ0v) is 16.9. The molecule has 2 aromatic carbocycles. The summed E-state index contributed by atoms with van der Waals surface area (Å²) < 4.78 is 29.5. The first-order chi connectivity index (χ1) is 14.4. The largest absolute Gasteiger partial charge is 0.435 e. The number of carbonyl (C=O) groups is 1. The fraction of sp³-hybridized carbons (Fsp3) is 0.391. The molecule has 1 unspecified atom stereocenters. The standard InChI is InChI=1S/C23H25F2N3O2/c1-28-20(29)23(27-22(28)26,17-10-12-19(13-11-17)30-21(24)25)18-9-5-8-16(14-18)15-6-3-2-4-7-15/h5,8-15,21H,2-4,6-7H2,1H3,(H2,26,27). The molecule has 1 aliphatic carbocycles. The van der Waals surface area contributed by atoms with Gasteiger partial charge in [-0.25, -0.2) is 4.99 Å². The molecule has 1 fully saturated rings.